The van der Waals surface area contributed by atoms with Crippen molar-refractivity contribution in [1.82, 2.24) is 9.78 Å². The van der Waals surface area contributed by atoms with Crippen molar-refractivity contribution in [3.8, 4) is 5.82 Å². The number of pyridine rings is 1. The highest BCUT2D eigenvalue weighted by molar-refractivity contribution is 5.18. The zero-order valence-electron chi connectivity index (χ0n) is 7.96. The van der Waals surface area contributed by atoms with Crippen molar-refractivity contribution in [2.45, 2.75) is 13.3 Å². The maximum Gasteiger partial charge on any atom is 0.345 e. The molecule has 0 fully saturated rings. The van der Waals surface area contributed by atoms with Gasteiger partial charge < -0.3 is 5.21 Å². The summed E-state index contributed by atoms with van der Waals surface area (Å²) in [7, 11) is 0. The highest BCUT2D eigenvalue weighted by atomic mass is 16.5. The van der Waals surface area contributed by atoms with Gasteiger partial charge in [-0.2, -0.15) is 0 Å². The minimum Gasteiger partial charge on any atom is -0.350 e. The van der Waals surface area contributed by atoms with E-state index in [1.165, 1.54) is 0 Å². The summed E-state index contributed by atoms with van der Waals surface area (Å²) in [5, 5.41) is 13.7. The van der Waals surface area contributed by atoms with Crippen molar-refractivity contribution in [1.29, 1.82) is 0 Å². The first-order chi connectivity index (χ1) is 6.81. The molecule has 1 N–H and O–H groups in total. The van der Waals surface area contributed by atoms with Crippen LogP contribution in [0.1, 0.15) is 12.5 Å². The van der Waals surface area contributed by atoms with Crippen molar-refractivity contribution >= 4 is 0 Å². The van der Waals surface area contributed by atoms with Crippen LogP contribution in [0.5, 0.6) is 0 Å². The van der Waals surface area contributed by atoms with Gasteiger partial charge in [0, 0.05) is 12.1 Å². The molecule has 2 aromatic rings. The average Bonchev–Trinajstić information content (AvgIpc) is 2.70. The zero-order valence-corrected chi connectivity index (χ0v) is 7.96. The van der Waals surface area contributed by atoms with E-state index in [2.05, 4.69) is 5.10 Å². The SMILES string of the molecule is CCc1ccc(-n2cccn2)[n+](O)c1. The first-order valence-corrected chi connectivity index (χ1v) is 4.55. The van der Waals surface area contributed by atoms with E-state index >= 15 is 0 Å². The van der Waals surface area contributed by atoms with Gasteiger partial charge in [0.15, 0.2) is 0 Å². The predicted octanol–water partition coefficient (Wildman–Crippen LogP) is 0.959. The van der Waals surface area contributed by atoms with Crippen LogP contribution in [0, 0.1) is 0 Å². The lowest BCUT2D eigenvalue weighted by atomic mass is 10.2. The molecule has 0 unspecified atom stereocenters. The summed E-state index contributed by atoms with van der Waals surface area (Å²) in [5.74, 6) is 0.632. The number of rotatable bonds is 2. The molecule has 2 rings (SSSR count). The molecule has 0 atom stereocenters. The summed E-state index contributed by atoms with van der Waals surface area (Å²) in [6.07, 6.45) is 6.05. The Hall–Kier alpha value is -1.84. The van der Waals surface area contributed by atoms with Crippen LogP contribution in [0.15, 0.2) is 36.8 Å². The molecule has 0 aromatic carbocycles. The smallest absolute Gasteiger partial charge is 0.345 e. The molecule has 14 heavy (non-hydrogen) atoms. The van der Waals surface area contributed by atoms with E-state index in [9.17, 15) is 5.21 Å². The second-order valence-corrected chi connectivity index (χ2v) is 3.04. The van der Waals surface area contributed by atoms with Gasteiger partial charge in [0.1, 0.15) is 12.4 Å². The highest BCUT2D eigenvalue weighted by Gasteiger charge is 2.11. The van der Waals surface area contributed by atoms with Crippen LogP contribution in [0.4, 0.5) is 0 Å². The van der Waals surface area contributed by atoms with E-state index in [1.807, 2.05) is 25.1 Å². The molecule has 2 aromatic heterocycles. The Labute approximate surface area is 82.0 Å². The third-order valence-corrected chi connectivity index (χ3v) is 2.12. The summed E-state index contributed by atoms with van der Waals surface area (Å²) < 4.78 is 2.70. The fourth-order valence-corrected chi connectivity index (χ4v) is 1.32. The fourth-order valence-electron chi connectivity index (χ4n) is 1.32. The Morgan fingerprint density at radius 1 is 1.50 bits per heavy atom. The molecule has 4 heteroatoms. The van der Waals surface area contributed by atoms with Crippen LogP contribution in [0.3, 0.4) is 0 Å². The van der Waals surface area contributed by atoms with Crippen LogP contribution < -0.4 is 4.73 Å². The Morgan fingerprint density at radius 3 is 2.93 bits per heavy atom. The molecular weight excluding hydrogens is 178 g/mol. The lowest BCUT2D eigenvalue weighted by molar-refractivity contribution is -0.900. The monoisotopic (exact) mass is 190 g/mol. The third-order valence-electron chi connectivity index (χ3n) is 2.12. The van der Waals surface area contributed by atoms with E-state index in [4.69, 9.17) is 0 Å². The topological polar surface area (TPSA) is 41.9 Å². The normalized spacial score (nSPS) is 10.4. The first-order valence-electron chi connectivity index (χ1n) is 4.55. The second-order valence-electron chi connectivity index (χ2n) is 3.04. The molecule has 0 radical (unpaired) electrons. The number of aryl methyl sites for hydroxylation is 1. The van der Waals surface area contributed by atoms with Crippen LogP contribution in [-0.4, -0.2) is 15.0 Å². The van der Waals surface area contributed by atoms with Crippen LogP contribution in [0.2, 0.25) is 0 Å². The van der Waals surface area contributed by atoms with E-state index < -0.39 is 0 Å². The van der Waals surface area contributed by atoms with Crippen molar-refractivity contribution in [3.63, 3.8) is 0 Å². The van der Waals surface area contributed by atoms with Crippen molar-refractivity contribution < 1.29 is 9.94 Å². The molecular formula is C10H12N3O+. The summed E-state index contributed by atoms with van der Waals surface area (Å²) >= 11 is 0. The van der Waals surface area contributed by atoms with Gasteiger partial charge in [-0.25, -0.2) is 0 Å². The van der Waals surface area contributed by atoms with Gasteiger partial charge in [0.2, 0.25) is 0 Å². The molecule has 0 aliphatic rings. The van der Waals surface area contributed by atoms with Gasteiger partial charge in [0.05, 0.1) is 6.20 Å². The van der Waals surface area contributed by atoms with E-state index in [-0.39, 0.29) is 0 Å². The van der Waals surface area contributed by atoms with Gasteiger partial charge in [-0.15, -0.1) is 4.68 Å². The molecule has 4 nitrogen and oxygen atoms in total. The first kappa shape index (κ1) is 8.74. The lowest BCUT2D eigenvalue weighted by Gasteiger charge is -1.98. The summed E-state index contributed by atoms with van der Waals surface area (Å²) in [4.78, 5) is 0. The number of hydrogen-bond acceptors (Lipinski definition) is 2. The highest BCUT2D eigenvalue weighted by Crippen LogP contribution is 2.02. The maximum absolute atomic E-state index is 9.65. The summed E-state index contributed by atoms with van der Waals surface area (Å²) in [6, 6.07) is 5.63. The molecule has 2 heterocycles. The lowest BCUT2D eigenvalue weighted by Crippen LogP contribution is -2.35. The number of aromatic nitrogens is 3. The van der Waals surface area contributed by atoms with Gasteiger partial charge >= 0.3 is 5.82 Å². The second kappa shape index (κ2) is 3.49. The van der Waals surface area contributed by atoms with Crippen molar-refractivity contribution in [2.75, 3.05) is 0 Å². The molecule has 0 aliphatic heterocycles. The molecule has 0 spiro atoms. The van der Waals surface area contributed by atoms with Crippen molar-refractivity contribution in [3.05, 3.63) is 42.4 Å². The van der Waals surface area contributed by atoms with Gasteiger partial charge in [-0.1, -0.05) is 12.0 Å². The van der Waals surface area contributed by atoms with E-state index in [0.717, 1.165) is 16.7 Å². The number of nitrogens with zero attached hydrogens (tertiary/aromatic N) is 3. The van der Waals surface area contributed by atoms with Crippen LogP contribution in [-0.2, 0) is 6.42 Å². The summed E-state index contributed by atoms with van der Waals surface area (Å²) in [6.45, 7) is 2.04. The predicted molar refractivity (Wildman–Crippen MR) is 50.3 cm³/mol. The standard InChI is InChI=1S/C10H12N3O/c1-2-9-4-5-10(13(14)8-9)12-7-3-6-11-12/h3-8,14H,2H2,1H3/q+1. The molecule has 0 amide bonds. The molecule has 0 saturated carbocycles. The minimum absolute atomic E-state index is 0.632. The van der Waals surface area contributed by atoms with Crippen LogP contribution in [0.25, 0.3) is 5.82 Å². The maximum atomic E-state index is 9.65. The molecule has 0 saturated heterocycles. The van der Waals surface area contributed by atoms with Crippen LogP contribution >= 0.6 is 0 Å². The van der Waals surface area contributed by atoms with E-state index in [1.54, 1.807) is 23.3 Å². The Kier molecular flexibility index (Phi) is 2.18. The van der Waals surface area contributed by atoms with Gasteiger partial charge in [-0.3, -0.25) is 0 Å². The van der Waals surface area contributed by atoms with Gasteiger partial charge in [-0.05, 0) is 22.8 Å². The largest absolute Gasteiger partial charge is 0.350 e. The average molecular weight is 190 g/mol. The Bertz CT molecular complexity index is 423. The Balaban J connectivity index is 2.46. The fraction of sp³-hybridized carbons (Fsp3) is 0.200. The molecule has 72 valence electrons. The minimum atomic E-state index is 0.632. The summed E-state index contributed by atoms with van der Waals surface area (Å²) in [5.41, 5.74) is 1.09. The molecule has 0 bridgehead atoms. The quantitative estimate of drug-likeness (QED) is 0.566. The van der Waals surface area contributed by atoms with Gasteiger partial charge in [0.25, 0.3) is 0 Å². The zero-order chi connectivity index (χ0) is 9.97. The number of hydrogen-bond donors (Lipinski definition) is 1. The molecule has 0 aliphatic carbocycles. The Morgan fingerprint density at radius 2 is 2.36 bits per heavy atom. The van der Waals surface area contributed by atoms with E-state index in [0.29, 0.717) is 5.82 Å². The third kappa shape index (κ3) is 1.46. The van der Waals surface area contributed by atoms with Crippen molar-refractivity contribution in [2.24, 2.45) is 0 Å².